The largest absolute Gasteiger partial charge is 0.462 e. The van der Waals surface area contributed by atoms with E-state index in [1.54, 1.807) is 0 Å². The lowest BCUT2D eigenvalue weighted by Gasteiger charge is -2.20. The number of rotatable bonds is 9. The smallest absolute Gasteiger partial charge is 0.416 e. The van der Waals surface area contributed by atoms with Gasteiger partial charge in [0.1, 0.15) is 18.5 Å². The van der Waals surface area contributed by atoms with E-state index < -0.39 is 41.7 Å². The van der Waals surface area contributed by atoms with Gasteiger partial charge in [-0.15, -0.1) is 0 Å². The third-order valence-corrected chi connectivity index (χ3v) is 3.93. The fraction of sp³-hybridized carbons (Fsp3) is 0.579. The second-order valence-corrected chi connectivity index (χ2v) is 6.49. The summed E-state index contributed by atoms with van der Waals surface area (Å²) in [4.78, 5) is 23.5. The minimum atomic E-state index is -4.77. The molecular weight excluding hydrogens is 368 g/mol. The van der Waals surface area contributed by atoms with Gasteiger partial charge in [-0.1, -0.05) is 33.3 Å². The highest BCUT2D eigenvalue weighted by Gasteiger charge is 2.34. The van der Waals surface area contributed by atoms with Crippen molar-refractivity contribution < 1.29 is 36.6 Å². The second-order valence-electron chi connectivity index (χ2n) is 6.49. The van der Waals surface area contributed by atoms with Crippen molar-refractivity contribution in [1.29, 1.82) is 0 Å². The van der Waals surface area contributed by atoms with Crippen LogP contribution in [0.1, 0.15) is 57.6 Å². The Morgan fingerprint density at radius 1 is 1.11 bits per heavy atom. The molecule has 0 N–H and O–H groups in total. The van der Waals surface area contributed by atoms with Gasteiger partial charge in [0, 0.05) is 5.56 Å². The van der Waals surface area contributed by atoms with Crippen LogP contribution in [0.15, 0.2) is 18.2 Å². The zero-order valence-corrected chi connectivity index (χ0v) is 15.6. The molecule has 1 unspecified atom stereocenters. The van der Waals surface area contributed by atoms with Gasteiger partial charge in [-0.3, -0.25) is 9.59 Å². The molecule has 0 fully saturated rings. The van der Waals surface area contributed by atoms with E-state index in [9.17, 15) is 27.2 Å². The number of halogens is 4. The fourth-order valence-electron chi connectivity index (χ4n) is 2.44. The summed E-state index contributed by atoms with van der Waals surface area (Å²) in [5.41, 5.74) is -1.95. The Kier molecular flexibility index (Phi) is 8.72. The molecule has 0 aliphatic carbocycles. The van der Waals surface area contributed by atoms with Gasteiger partial charge in [-0.2, -0.15) is 13.2 Å². The molecule has 0 heterocycles. The van der Waals surface area contributed by atoms with Crippen LogP contribution in [0.4, 0.5) is 17.6 Å². The van der Waals surface area contributed by atoms with Crippen molar-refractivity contribution in [3.8, 4) is 0 Å². The van der Waals surface area contributed by atoms with E-state index >= 15 is 0 Å². The Labute approximate surface area is 155 Å². The quantitative estimate of drug-likeness (QED) is 0.437. The van der Waals surface area contributed by atoms with E-state index in [0.717, 1.165) is 18.6 Å². The van der Waals surface area contributed by atoms with E-state index in [2.05, 4.69) is 0 Å². The van der Waals surface area contributed by atoms with Crippen LogP contribution in [0.25, 0.3) is 0 Å². The molecule has 0 amide bonds. The number of hydrogen-bond donors (Lipinski definition) is 0. The number of benzene rings is 1. The fourth-order valence-corrected chi connectivity index (χ4v) is 2.44. The molecule has 0 aliphatic heterocycles. The van der Waals surface area contributed by atoms with Gasteiger partial charge in [-0.05, 0) is 24.5 Å². The summed E-state index contributed by atoms with van der Waals surface area (Å²) < 4.78 is 62.3. The van der Waals surface area contributed by atoms with Crippen LogP contribution >= 0.6 is 0 Å². The molecule has 4 nitrogen and oxygen atoms in total. The summed E-state index contributed by atoms with van der Waals surface area (Å²) in [6.07, 6.45) is -4.10. The molecule has 0 radical (unpaired) electrons. The summed E-state index contributed by atoms with van der Waals surface area (Å²) in [7, 11) is 0. The average molecular weight is 392 g/mol. The maximum absolute atomic E-state index is 13.7. The van der Waals surface area contributed by atoms with Crippen molar-refractivity contribution in [3.05, 3.63) is 35.1 Å². The van der Waals surface area contributed by atoms with Crippen LogP contribution < -0.4 is 0 Å². The lowest BCUT2D eigenvalue weighted by Crippen LogP contribution is -2.24. The van der Waals surface area contributed by atoms with Gasteiger partial charge in [-0.25, -0.2) is 4.39 Å². The van der Waals surface area contributed by atoms with Gasteiger partial charge < -0.3 is 9.47 Å². The average Bonchev–Trinajstić information content (AvgIpc) is 2.57. The highest BCUT2D eigenvalue weighted by Crippen LogP contribution is 2.33. The van der Waals surface area contributed by atoms with E-state index in [-0.39, 0.29) is 24.9 Å². The molecular formula is C19H24F4O4. The number of carbonyl (C=O) groups excluding carboxylic acids is 2. The van der Waals surface area contributed by atoms with Crippen molar-refractivity contribution in [2.24, 2.45) is 5.92 Å². The van der Waals surface area contributed by atoms with Crippen LogP contribution in [0.5, 0.6) is 0 Å². The maximum atomic E-state index is 13.7. The van der Waals surface area contributed by atoms with Crippen LogP contribution in [-0.4, -0.2) is 18.0 Å². The Morgan fingerprint density at radius 3 is 2.30 bits per heavy atom. The first-order valence-corrected chi connectivity index (χ1v) is 8.75. The monoisotopic (exact) mass is 392 g/mol. The molecule has 1 atom stereocenters. The zero-order chi connectivity index (χ0) is 20.6. The number of ether oxygens (including phenoxy) is 2. The van der Waals surface area contributed by atoms with Crippen molar-refractivity contribution in [2.75, 3.05) is 0 Å². The minimum Gasteiger partial charge on any atom is -0.462 e. The van der Waals surface area contributed by atoms with Crippen LogP contribution in [0.2, 0.25) is 0 Å². The summed E-state index contributed by atoms with van der Waals surface area (Å²) in [5.74, 6) is -2.47. The highest BCUT2D eigenvalue weighted by molar-refractivity contribution is 5.77. The van der Waals surface area contributed by atoms with Crippen molar-refractivity contribution in [2.45, 2.75) is 65.3 Å². The number of hydrogen-bond acceptors (Lipinski definition) is 4. The molecule has 0 spiro atoms. The molecule has 1 rings (SSSR count). The lowest BCUT2D eigenvalue weighted by molar-refractivity contribution is -0.156. The van der Waals surface area contributed by atoms with Crippen LogP contribution in [0.3, 0.4) is 0 Å². The zero-order valence-electron chi connectivity index (χ0n) is 15.6. The van der Waals surface area contributed by atoms with Gasteiger partial charge in [0.15, 0.2) is 0 Å². The Balaban J connectivity index is 2.56. The van der Waals surface area contributed by atoms with Crippen LogP contribution in [-0.2, 0) is 31.8 Å². The molecule has 8 heteroatoms. The summed E-state index contributed by atoms with van der Waals surface area (Å²) in [6, 6.07) is 2.50. The standard InChI is InChI=1S/C19H24F4O4/c1-4-6-16(12(2)3)27-18(25)10-9-17(24)26-11-13-14(19(21,22)23)7-5-8-15(13)20/h5,7-8,12,16H,4,6,9-11H2,1-3H3. The SMILES string of the molecule is CCCC(OC(=O)CCC(=O)OCc1c(F)cccc1C(F)(F)F)C(C)C. The van der Waals surface area contributed by atoms with Crippen LogP contribution in [0, 0.1) is 11.7 Å². The van der Waals surface area contributed by atoms with E-state index in [1.807, 2.05) is 20.8 Å². The molecule has 152 valence electrons. The number of alkyl halides is 3. The second kappa shape index (κ2) is 10.3. The van der Waals surface area contributed by atoms with E-state index in [4.69, 9.17) is 9.47 Å². The summed E-state index contributed by atoms with van der Waals surface area (Å²) in [5, 5.41) is 0. The maximum Gasteiger partial charge on any atom is 0.416 e. The first-order chi connectivity index (χ1) is 12.6. The van der Waals surface area contributed by atoms with Gasteiger partial charge in [0.25, 0.3) is 0 Å². The molecule has 0 bridgehead atoms. The summed E-state index contributed by atoms with van der Waals surface area (Å²) >= 11 is 0. The van der Waals surface area contributed by atoms with Gasteiger partial charge >= 0.3 is 18.1 Å². The predicted molar refractivity (Wildman–Crippen MR) is 90.1 cm³/mol. The Morgan fingerprint density at radius 2 is 1.74 bits per heavy atom. The topological polar surface area (TPSA) is 52.6 Å². The molecule has 0 saturated heterocycles. The molecule has 0 saturated carbocycles. The van der Waals surface area contributed by atoms with E-state index in [0.29, 0.717) is 12.5 Å². The predicted octanol–water partition coefficient (Wildman–Crippen LogP) is 5.04. The first kappa shape index (κ1) is 22.9. The molecule has 0 aromatic heterocycles. The lowest BCUT2D eigenvalue weighted by atomic mass is 10.0. The van der Waals surface area contributed by atoms with Crippen molar-refractivity contribution >= 4 is 11.9 Å². The van der Waals surface area contributed by atoms with E-state index in [1.165, 1.54) is 0 Å². The normalized spacial score (nSPS) is 12.7. The number of carbonyl (C=O) groups is 2. The van der Waals surface area contributed by atoms with Crippen molar-refractivity contribution in [3.63, 3.8) is 0 Å². The summed E-state index contributed by atoms with van der Waals surface area (Å²) in [6.45, 7) is 4.92. The first-order valence-electron chi connectivity index (χ1n) is 8.75. The van der Waals surface area contributed by atoms with Gasteiger partial charge in [0.2, 0.25) is 0 Å². The minimum absolute atomic E-state index is 0.127. The highest BCUT2D eigenvalue weighted by atomic mass is 19.4. The Bertz CT molecular complexity index is 641. The third-order valence-electron chi connectivity index (χ3n) is 3.93. The molecule has 27 heavy (non-hydrogen) atoms. The molecule has 0 aliphatic rings. The Hall–Kier alpha value is -2.12. The van der Waals surface area contributed by atoms with Crippen molar-refractivity contribution in [1.82, 2.24) is 0 Å². The molecule has 1 aromatic rings. The number of esters is 2. The van der Waals surface area contributed by atoms with Gasteiger partial charge in [0.05, 0.1) is 18.4 Å². The third kappa shape index (κ3) is 7.56. The molecule has 1 aromatic carbocycles.